The third kappa shape index (κ3) is 6.08. The minimum Gasteiger partial charge on any atom is -0.395 e. The van der Waals surface area contributed by atoms with Gasteiger partial charge in [0.2, 0.25) is 5.91 Å². The summed E-state index contributed by atoms with van der Waals surface area (Å²) in [5.41, 5.74) is -0.161. The van der Waals surface area contributed by atoms with Crippen LogP contribution in [0.1, 0.15) is 41.0 Å². The number of hydrogen-bond acceptors (Lipinski definition) is 3. The molecule has 16 heavy (non-hydrogen) atoms. The monoisotopic (exact) mass is 230 g/mol. The first kappa shape index (κ1) is 15.4. The second-order valence-electron chi connectivity index (χ2n) is 5.20. The number of carbonyl (C=O) groups is 1. The van der Waals surface area contributed by atoms with E-state index in [1.165, 1.54) is 0 Å². The van der Waals surface area contributed by atoms with Crippen LogP contribution in [0.4, 0.5) is 0 Å². The van der Waals surface area contributed by atoms with Gasteiger partial charge in [-0.3, -0.25) is 4.79 Å². The molecular formula is C12H26N2O2. The third-order valence-corrected chi connectivity index (χ3v) is 2.89. The number of carbonyl (C=O) groups excluding carboxylic acids is 1. The standard InChI is InChI=1S/C12H26N2O2/c1-6-12(4,5)14-11(16)7-13-10(8-15)9(2)3/h9-10,13,15H,6-8H2,1-5H3,(H,14,16)/t10-/m1/s1. The highest BCUT2D eigenvalue weighted by Crippen LogP contribution is 2.06. The van der Waals surface area contributed by atoms with Gasteiger partial charge in [0.1, 0.15) is 0 Å². The van der Waals surface area contributed by atoms with Crippen molar-refractivity contribution >= 4 is 5.91 Å². The van der Waals surface area contributed by atoms with E-state index in [9.17, 15) is 4.79 Å². The molecule has 3 N–H and O–H groups in total. The van der Waals surface area contributed by atoms with E-state index >= 15 is 0 Å². The Hall–Kier alpha value is -0.610. The number of nitrogens with one attached hydrogen (secondary N) is 2. The smallest absolute Gasteiger partial charge is 0.234 e. The Kier molecular flexibility index (Phi) is 6.60. The molecule has 0 saturated carbocycles. The third-order valence-electron chi connectivity index (χ3n) is 2.89. The molecule has 96 valence electrons. The molecule has 0 aliphatic rings. The maximum Gasteiger partial charge on any atom is 0.234 e. The molecule has 0 aromatic rings. The fourth-order valence-corrected chi connectivity index (χ4v) is 1.24. The Morgan fingerprint density at radius 2 is 1.94 bits per heavy atom. The summed E-state index contributed by atoms with van der Waals surface area (Å²) in [5, 5.41) is 15.1. The van der Waals surface area contributed by atoms with Crippen molar-refractivity contribution in [3.63, 3.8) is 0 Å². The van der Waals surface area contributed by atoms with Crippen molar-refractivity contribution in [2.75, 3.05) is 13.2 Å². The zero-order chi connectivity index (χ0) is 12.8. The number of hydrogen-bond donors (Lipinski definition) is 3. The number of aliphatic hydroxyl groups excluding tert-OH is 1. The Bertz CT molecular complexity index is 215. The van der Waals surface area contributed by atoms with Gasteiger partial charge in [0.05, 0.1) is 13.2 Å². The molecule has 1 amide bonds. The van der Waals surface area contributed by atoms with Gasteiger partial charge in [-0.25, -0.2) is 0 Å². The molecule has 0 unspecified atom stereocenters. The van der Waals surface area contributed by atoms with Crippen molar-refractivity contribution < 1.29 is 9.90 Å². The summed E-state index contributed by atoms with van der Waals surface area (Å²) in [7, 11) is 0. The largest absolute Gasteiger partial charge is 0.395 e. The summed E-state index contributed by atoms with van der Waals surface area (Å²) in [6.45, 7) is 10.4. The predicted molar refractivity (Wildman–Crippen MR) is 66.2 cm³/mol. The van der Waals surface area contributed by atoms with Crippen molar-refractivity contribution in [2.45, 2.75) is 52.6 Å². The average molecular weight is 230 g/mol. The molecule has 0 aromatic carbocycles. The molecule has 0 radical (unpaired) electrons. The van der Waals surface area contributed by atoms with Crippen LogP contribution in [0.3, 0.4) is 0 Å². The molecule has 0 rings (SSSR count). The van der Waals surface area contributed by atoms with Crippen LogP contribution in [0.25, 0.3) is 0 Å². The second kappa shape index (κ2) is 6.86. The predicted octanol–water partition coefficient (Wildman–Crippen LogP) is 0.898. The summed E-state index contributed by atoms with van der Waals surface area (Å²) < 4.78 is 0. The quantitative estimate of drug-likeness (QED) is 0.609. The van der Waals surface area contributed by atoms with Gasteiger partial charge in [-0.05, 0) is 26.2 Å². The maximum absolute atomic E-state index is 11.6. The summed E-state index contributed by atoms with van der Waals surface area (Å²) >= 11 is 0. The lowest BCUT2D eigenvalue weighted by molar-refractivity contribution is -0.122. The zero-order valence-corrected chi connectivity index (χ0v) is 11.1. The fraction of sp³-hybridized carbons (Fsp3) is 0.917. The second-order valence-corrected chi connectivity index (χ2v) is 5.20. The summed E-state index contributed by atoms with van der Waals surface area (Å²) in [4.78, 5) is 11.6. The molecule has 0 spiro atoms. The first-order valence-corrected chi connectivity index (χ1v) is 5.97. The van der Waals surface area contributed by atoms with Gasteiger partial charge in [0.15, 0.2) is 0 Å². The summed E-state index contributed by atoms with van der Waals surface area (Å²) in [6, 6.07) is -0.0181. The van der Waals surface area contributed by atoms with Gasteiger partial charge in [0, 0.05) is 11.6 Å². The van der Waals surface area contributed by atoms with Crippen molar-refractivity contribution in [2.24, 2.45) is 5.92 Å². The van der Waals surface area contributed by atoms with Crippen LogP contribution in [0.15, 0.2) is 0 Å². The molecule has 0 heterocycles. The Morgan fingerprint density at radius 1 is 1.38 bits per heavy atom. The van der Waals surface area contributed by atoms with E-state index in [-0.39, 0.29) is 30.6 Å². The number of aliphatic hydroxyl groups is 1. The van der Waals surface area contributed by atoms with Crippen LogP contribution in [0.2, 0.25) is 0 Å². The highest BCUT2D eigenvalue weighted by atomic mass is 16.3. The fourth-order valence-electron chi connectivity index (χ4n) is 1.24. The van der Waals surface area contributed by atoms with Crippen molar-refractivity contribution in [3.8, 4) is 0 Å². The van der Waals surface area contributed by atoms with Gasteiger partial charge in [0.25, 0.3) is 0 Å². The molecule has 0 aromatic heterocycles. The molecular weight excluding hydrogens is 204 g/mol. The molecule has 0 bridgehead atoms. The van der Waals surface area contributed by atoms with E-state index in [1.807, 2.05) is 34.6 Å². The van der Waals surface area contributed by atoms with Crippen LogP contribution in [-0.2, 0) is 4.79 Å². The highest BCUT2D eigenvalue weighted by molar-refractivity contribution is 5.78. The molecule has 0 aliphatic carbocycles. The molecule has 4 nitrogen and oxygen atoms in total. The van der Waals surface area contributed by atoms with E-state index in [0.29, 0.717) is 5.92 Å². The molecule has 1 atom stereocenters. The average Bonchev–Trinajstić information content (AvgIpc) is 2.17. The Labute approximate surface area is 98.8 Å². The van der Waals surface area contributed by atoms with E-state index in [1.54, 1.807) is 0 Å². The molecule has 4 heteroatoms. The minimum absolute atomic E-state index is 0.0181. The lowest BCUT2D eigenvalue weighted by atomic mass is 10.0. The number of amides is 1. The van der Waals surface area contributed by atoms with Gasteiger partial charge in [-0.2, -0.15) is 0 Å². The van der Waals surface area contributed by atoms with Gasteiger partial charge < -0.3 is 15.7 Å². The van der Waals surface area contributed by atoms with E-state index in [2.05, 4.69) is 10.6 Å². The van der Waals surface area contributed by atoms with Crippen molar-refractivity contribution in [3.05, 3.63) is 0 Å². The molecule has 0 saturated heterocycles. The van der Waals surface area contributed by atoms with Crippen LogP contribution in [0.5, 0.6) is 0 Å². The van der Waals surface area contributed by atoms with Gasteiger partial charge in [-0.1, -0.05) is 20.8 Å². The number of rotatable bonds is 7. The Morgan fingerprint density at radius 3 is 2.31 bits per heavy atom. The normalized spacial score (nSPS) is 13.9. The van der Waals surface area contributed by atoms with Gasteiger partial charge in [-0.15, -0.1) is 0 Å². The Balaban J connectivity index is 3.98. The van der Waals surface area contributed by atoms with Crippen LogP contribution in [-0.4, -0.2) is 35.7 Å². The van der Waals surface area contributed by atoms with E-state index < -0.39 is 0 Å². The van der Waals surface area contributed by atoms with Crippen molar-refractivity contribution in [1.82, 2.24) is 10.6 Å². The zero-order valence-electron chi connectivity index (χ0n) is 11.1. The SMILES string of the molecule is CCC(C)(C)NC(=O)CN[C@H](CO)C(C)C. The van der Waals surface area contributed by atoms with E-state index in [0.717, 1.165) is 6.42 Å². The van der Waals surface area contributed by atoms with Gasteiger partial charge >= 0.3 is 0 Å². The first-order valence-electron chi connectivity index (χ1n) is 5.97. The molecule has 0 aliphatic heterocycles. The van der Waals surface area contributed by atoms with Crippen LogP contribution >= 0.6 is 0 Å². The summed E-state index contributed by atoms with van der Waals surface area (Å²) in [6.07, 6.45) is 0.895. The van der Waals surface area contributed by atoms with Crippen molar-refractivity contribution in [1.29, 1.82) is 0 Å². The highest BCUT2D eigenvalue weighted by Gasteiger charge is 2.19. The first-order chi connectivity index (χ1) is 7.32. The molecule has 0 fully saturated rings. The lowest BCUT2D eigenvalue weighted by Crippen LogP contribution is -2.49. The maximum atomic E-state index is 11.6. The topological polar surface area (TPSA) is 61.4 Å². The van der Waals surface area contributed by atoms with Crippen LogP contribution in [0, 0.1) is 5.92 Å². The van der Waals surface area contributed by atoms with Crippen LogP contribution < -0.4 is 10.6 Å². The summed E-state index contributed by atoms with van der Waals surface area (Å²) in [5.74, 6) is 0.294. The van der Waals surface area contributed by atoms with E-state index in [4.69, 9.17) is 5.11 Å². The minimum atomic E-state index is -0.161. The lowest BCUT2D eigenvalue weighted by Gasteiger charge is -2.26.